The summed E-state index contributed by atoms with van der Waals surface area (Å²) < 4.78 is 34.5. The normalized spacial score (nSPS) is 12.5. The number of hydrogen-bond acceptors (Lipinski definition) is 5. The molecule has 1 N–H and O–H groups in total. The molecule has 0 saturated carbocycles. The Hall–Kier alpha value is -4.34. The van der Waals surface area contributed by atoms with Crippen molar-refractivity contribution in [1.29, 1.82) is 0 Å². The minimum Gasteiger partial charge on any atom is -0.497 e. The lowest BCUT2D eigenvalue weighted by Gasteiger charge is -2.34. The van der Waals surface area contributed by atoms with Crippen LogP contribution in [-0.4, -0.2) is 50.9 Å². The van der Waals surface area contributed by atoms with Gasteiger partial charge in [-0.2, -0.15) is 0 Å². The molecule has 0 heterocycles. The Morgan fingerprint density at radius 3 is 2.09 bits per heavy atom. The van der Waals surface area contributed by atoms with Crippen LogP contribution in [0.15, 0.2) is 114 Å². The number of sulfonamides is 1. The lowest BCUT2D eigenvalue weighted by atomic mass is 10.0. The van der Waals surface area contributed by atoms with E-state index in [1.54, 1.807) is 60.7 Å². The maximum atomic E-state index is 14.5. The fourth-order valence-electron chi connectivity index (χ4n) is 4.82. The second-order valence-electron chi connectivity index (χ2n) is 10.7. The van der Waals surface area contributed by atoms with Crippen molar-refractivity contribution >= 4 is 39.1 Å². The van der Waals surface area contributed by atoms with E-state index in [0.29, 0.717) is 22.8 Å². The van der Waals surface area contributed by atoms with Crippen molar-refractivity contribution < 1.29 is 22.7 Å². The number of hydrogen-bond donors (Lipinski definition) is 1. The molecule has 2 amide bonds. The summed E-state index contributed by atoms with van der Waals surface area (Å²) in [5.41, 5.74) is 1.83. The van der Waals surface area contributed by atoms with Crippen molar-refractivity contribution in [1.82, 2.24) is 10.2 Å². The first-order valence-electron chi connectivity index (χ1n) is 14.7. The fourth-order valence-corrected chi connectivity index (χ4v) is 6.47. The fraction of sp³-hybridized carbons (Fsp3) is 0.257. The second-order valence-corrected chi connectivity index (χ2v) is 13.0. The maximum absolute atomic E-state index is 14.5. The number of nitrogens with zero attached hydrogens (tertiary/aromatic N) is 2. The Morgan fingerprint density at radius 2 is 1.49 bits per heavy atom. The van der Waals surface area contributed by atoms with Crippen LogP contribution in [0.25, 0.3) is 0 Å². The molecule has 45 heavy (non-hydrogen) atoms. The van der Waals surface area contributed by atoms with Gasteiger partial charge in [0.1, 0.15) is 18.3 Å². The van der Waals surface area contributed by atoms with Crippen LogP contribution in [0.3, 0.4) is 0 Å². The first-order valence-corrected chi connectivity index (χ1v) is 16.5. The minimum absolute atomic E-state index is 0.0327. The van der Waals surface area contributed by atoms with E-state index in [2.05, 4.69) is 5.32 Å². The van der Waals surface area contributed by atoms with Gasteiger partial charge in [-0.25, -0.2) is 8.42 Å². The zero-order valence-electron chi connectivity index (χ0n) is 25.6. The zero-order chi connectivity index (χ0) is 32.4. The Balaban J connectivity index is 1.80. The van der Waals surface area contributed by atoms with Gasteiger partial charge in [-0.05, 0) is 73.0 Å². The number of rotatable bonds is 14. The van der Waals surface area contributed by atoms with Crippen molar-refractivity contribution in [2.24, 2.45) is 0 Å². The molecule has 0 spiro atoms. The van der Waals surface area contributed by atoms with Crippen molar-refractivity contribution in [3.05, 3.63) is 125 Å². The summed E-state index contributed by atoms with van der Waals surface area (Å²) in [5.74, 6) is -0.342. The van der Waals surface area contributed by atoms with E-state index in [4.69, 9.17) is 16.3 Å². The topological polar surface area (TPSA) is 96.0 Å². The molecule has 4 rings (SSSR count). The SMILES string of the molecule is CC[C@@H](C)NC(=O)[C@@H](Cc1ccccc1)N(Cc1cccc(Cl)c1)C(=O)CN(c1ccc(OC)cc1)S(=O)(=O)c1ccccc1. The molecule has 0 radical (unpaired) electrons. The summed E-state index contributed by atoms with van der Waals surface area (Å²) in [5, 5.41) is 3.51. The number of methoxy groups -OCH3 is 1. The first-order chi connectivity index (χ1) is 21.6. The van der Waals surface area contributed by atoms with Gasteiger partial charge in [-0.15, -0.1) is 0 Å². The molecule has 4 aromatic carbocycles. The second kappa shape index (κ2) is 15.6. The predicted octanol–water partition coefficient (Wildman–Crippen LogP) is 6.10. The number of halogens is 1. The van der Waals surface area contributed by atoms with Crippen LogP contribution in [0, 0.1) is 0 Å². The quantitative estimate of drug-likeness (QED) is 0.179. The van der Waals surface area contributed by atoms with Crippen LogP contribution in [0.2, 0.25) is 5.02 Å². The van der Waals surface area contributed by atoms with E-state index in [1.165, 1.54) is 24.1 Å². The Kier molecular flexibility index (Phi) is 11.6. The number of nitrogens with one attached hydrogen (secondary N) is 1. The highest BCUT2D eigenvalue weighted by Crippen LogP contribution is 2.27. The van der Waals surface area contributed by atoms with Gasteiger partial charge in [0.2, 0.25) is 11.8 Å². The number of anilines is 1. The standard InChI is InChI=1S/C35H38ClN3O5S/c1-4-26(2)37-35(41)33(23-27-12-7-5-8-13-27)38(24-28-14-11-15-29(36)22-28)34(40)25-39(30-18-20-31(44-3)21-19-30)45(42,43)32-16-9-6-10-17-32/h5-22,26,33H,4,23-25H2,1-3H3,(H,37,41)/t26-,33-/m1/s1. The monoisotopic (exact) mass is 647 g/mol. The van der Waals surface area contributed by atoms with Crippen molar-refractivity contribution in [3.8, 4) is 5.75 Å². The summed E-state index contributed by atoms with van der Waals surface area (Å²) in [4.78, 5) is 29.9. The highest BCUT2D eigenvalue weighted by molar-refractivity contribution is 7.92. The van der Waals surface area contributed by atoms with Crippen LogP contribution in [-0.2, 0) is 32.6 Å². The van der Waals surface area contributed by atoms with E-state index in [-0.39, 0.29) is 35.5 Å². The number of ether oxygens (including phenoxy) is 1. The van der Waals surface area contributed by atoms with Gasteiger partial charge in [0.15, 0.2) is 0 Å². The molecule has 0 bridgehead atoms. The summed E-state index contributed by atoms with van der Waals surface area (Å²) in [6.45, 7) is 3.35. The highest BCUT2D eigenvalue weighted by Gasteiger charge is 2.35. The van der Waals surface area contributed by atoms with E-state index in [0.717, 1.165) is 9.87 Å². The van der Waals surface area contributed by atoms with Crippen molar-refractivity contribution in [2.75, 3.05) is 18.0 Å². The van der Waals surface area contributed by atoms with E-state index in [1.807, 2.05) is 50.2 Å². The molecule has 0 aromatic heterocycles. The smallest absolute Gasteiger partial charge is 0.264 e. The van der Waals surface area contributed by atoms with Crippen LogP contribution in [0.5, 0.6) is 5.75 Å². The van der Waals surface area contributed by atoms with Gasteiger partial charge in [-0.3, -0.25) is 13.9 Å². The lowest BCUT2D eigenvalue weighted by Crippen LogP contribution is -2.54. The van der Waals surface area contributed by atoms with Crippen LogP contribution < -0.4 is 14.4 Å². The van der Waals surface area contributed by atoms with Gasteiger partial charge in [0.25, 0.3) is 10.0 Å². The van der Waals surface area contributed by atoms with Gasteiger partial charge in [0.05, 0.1) is 17.7 Å². The molecule has 0 unspecified atom stereocenters. The summed E-state index contributed by atoms with van der Waals surface area (Å²) in [6, 6.07) is 29.8. The van der Waals surface area contributed by atoms with Crippen LogP contribution >= 0.6 is 11.6 Å². The molecular formula is C35H38ClN3O5S. The molecule has 10 heteroatoms. The maximum Gasteiger partial charge on any atom is 0.264 e. The van der Waals surface area contributed by atoms with Gasteiger partial charge >= 0.3 is 0 Å². The molecule has 0 aliphatic rings. The van der Waals surface area contributed by atoms with Crippen LogP contribution in [0.1, 0.15) is 31.4 Å². The molecule has 0 fully saturated rings. The Labute approximate surface area is 270 Å². The number of amides is 2. The van der Waals surface area contributed by atoms with Gasteiger partial charge in [-0.1, -0.05) is 79.2 Å². The Bertz CT molecular complexity index is 1670. The average molecular weight is 648 g/mol. The molecular weight excluding hydrogens is 610 g/mol. The molecule has 8 nitrogen and oxygen atoms in total. The molecule has 0 saturated heterocycles. The first kappa shape index (κ1) is 33.6. The van der Waals surface area contributed by atoms with E-state index in [9.17, 15) is 18.0 Å². The van der Waals surface area contributed by atoms with Crippen molar-refractivity contribution in [2.45, 2.75) is 50.2 Å². The van der Waals surface area contributed by atoms with Gasteiger partial charge in [0, 0.05) is 24.0 Å². The third-order valence-corrected chi connectivity index (χ3v) is 9.51. The lowest BCUT2D eigenvalue weighted by molar-refractivity contribution is -0.140. The predicted molar refractivity (Wildman–Crippen MR) is 178 cm³/mol. The number of carbonyl (C=O) groups is 2. The highest BCUT2D eigenvalue weighted by atomic mass is 35.5. The molecule has 0 aliphatic heterocycles. The van der Waals surface area contributed by atoms with Gasteiger partial charge < -0.3 is 15.0 Å². The molecule has 2 atom stereocenters. The summed E-state index contributed by atoms with van der Waals surface area (Å²) in [7, 11) is -2.67. The average Bonchev–Trinajstić information content (AvgIpc) is 3.06. The van der Waals surface area contributed by atoms with Crippen molar-refractivity contribution in [3.63, 3.8) is 0 Å². The Morgan fingerprint density at radius 1 is 0.867 bits per heavy atom. The van der Waals surface area contributed by atoms with E-state index < -0.39 is 28.5 Å². The van der Waals surface area contributed by atoms with Crippen LogP contribution in [0.4, 0.5) is 5.69 Å². The summed E-state index contributed by atoms with van der Waals surface area (Å²) in [6.07, 6.45) is 0.927. The third-order valence-electron chi connectivity index (χ3n) is 7.48. The zero-order valence-corrected chi connectivity index (χ0v) is 27.2. The molecule has 0 aliphatic carbocycles. The summed E-state index contributed by atoms with van der Waals surface area (Å²) >= 11 is 6.30. The minimum atomic E-state index is -4.19. The number of carbonyl (C=O) groups excluding carboxylic acids is 2. The third kappa shape index (κ3) is 8.86. The number of benzene rings is 4. The molecule has 236 valence electrons. The van der Waals surface area contributed by atoms with E-state index >= 15 is 0 Å². The largest absolute Gasteiger partial charge is 0.497 e. The molecule has 4 aromatic rings.